The Morgan fingerprint density at radius 3 is 3.05 bits per heavy atom. The summed E-state index contributed by atoms with van der Waals surface area (Å²) in [5, 5.41) is 18.8. The van der Waals surface area contributed by atoms with Gasteiger partial charge in [0, 0.05) is 24.6 Å². The summed E-state index contributed by atoms with van der Waals surface area (Å²) in [4.78, 5) is 22.7. The Labute approximate surface area is 108 Å². The molecule has 2 unspecified atom stereocenters. The van der Waals surface area contributed by atoms with Crippen LogP contribution in [0.4, 0.5) is 5.82 Å². The summed E-state index contributed by atoms with van der Waals surface area (Å²) in [6, 6.07) is 0. The second-order valence-corrected chi connectivity index (χ2v) is 4.75. The zero-order valence-electron chi connectivity index (χ0n) is 10.1. The summed E-state index contributed by atoms with van der Waals surface area (Å²) in [7, 11) is 0. The minimum absolute atomic E-state index is 0.219. The minimum atomic E-state index is -0.686. The van der Waals surface area contributed by atoms with Crippen LogP contribution in [0.1, 0.15) is 12.0 Å². The highest BCUT2D eigenvalue weighted by atomic mass is 16.7. The summed E-state index contributed by atoms with van der Waals surface area (Å²) in [6.07, 6.45) is 0.556. The topological polar surface area (TPSA) is 117 Å². The van der Waals surface area contributed by atoms with Crippen LogP contribution in [0.3, 0.4) is 0 Å². The number of hydrogen-bond donors (Lipinski definition) is 4. The maximum atomic E-state index is 11.1. The van der Waals surface area contributed by atoms with E-state index in [1.54, 1.807) is 0 Å². The number of H-pyrrole nitrogens is 1. The van der Waals surface area contributed by atoms with Gasteiger partial charge in [-0.05, 0) is 0 Å². The van der Waals surface area contributed by atoms with Gasteiger partial charge in [0.2, 0.25) is 0 Å². The predicted molar refractivity (Wildman–Crippen MR) is 63.4 cm³/mol. The smallest absolute Gasteiger partial charge is 0.346 e. The molecule has 3 heterocycles. The van der Waals surface area contributed by atoms with Gasteiger partial charge in [0.1, 0.15) is 18.0 Å². The van der Waals surface area contributed by atoms with E-state index in [1.165, 1.54) is 6.20 Å². The minimum Gasteiger partial charge on any atom is -0.394 e. The number of ether oxygens (including phenoxy) is 1. The second kappa shape index (κ2) is 4.89. The fraction of sp³-hybridized carbons (Fsp3) is 0.636. The lowest BCUT2D eigenvalue weighted by Crippen LogP contribution is -2.37. The van der Waals surface area contributed by atoms with Crippen molar-refractivity contribution in [2.75, 3.05) is 12.1 Å². The molecular weight excluding hydrogens is 254 g/mol. The Hall–Kier alpha value is -1.48. The molecule has 19 heavy (non-hydrogen) atoms. The van der Waals surface area contributed by atoms with Crippen LogP contribution in [0.5, 0.6) is 0 Å². The second-order valence-electron chi connectivity index (χ2n) is 4.75. The quantitative estimate of drug-likeness (QED) is 0.519. The van der Waals surface area contributed by atoms with Gasteiger partial charge in [-0.2, -0.15) is 0 Å². The van der Waals surface area contributed by atoms with Crippen LogP contribution in [0.2, 0.25) is 0 Å². The zero-order valence-corrected chi connectivity index (χ0v) is 10.1. The molecule has 1 saturated heterocycles. The van der Waals surface area contributed by atoms with E-state index in [0.29, 0.717) is 18.7 Å². The molecule has 0 saturated carbocycles. The number of anilines is 1. The number of aliphatic hydroxyl groups is 2. The maximum Gasteiger partial charge on any atom is 0.346 e. The molecule has 2 aliphatic rings. The summed E-state index contributed by atoms with van der Waals surface area (Å²) >= 11 is 0. The highest BCUT2D eigenvalue weighted by Gasteiger charge is 2.40. The van der Waals surface area contributed by atoms with Crippen LogP contribution in [0.25, 0.3) is 0 Å². The summed E-state index contributed by atoms with van der Waals surface area (Å²) in [6.45, 7) is -0.219. The van der Waals surface area contributed by atoms with Crippen LogP contribution >= 0.6 is 0 Å². The molecule has 8 heteroatoms. The summed E-state index contributed by atoms with van der Waals surface area (Å²) in [5.41, 5.74) is 3.04. The number of fused-ring (bicyclic) bond motifs is 1. The molecule has 3 rings (SSSR count). The van der Waals surface area contributed by atoms with E-state index in [0.717, 1.165) is 5.56 Å². The number of nitrogens with one attached hydrogen (secondary N) is 2. The van der Waals surface area contributed by atoms with E-state index in [2.05, 4.69) is 15.4 Å². The highest BCUT2D eigenvalue weighted by Crippen LogP contribution is 2.29. The van der Waals surface area contributed by atoms with Crippen molar-refractivity contribution in [1.82, 2.24) is 9.97 Å². The molecule has 2 aliphatic heterocycles. The normalized spacial score (nSPS) is 33.8. The average Bonchev–Trinajstić information content (AvgIpc) is 2.79. The predicted octanol–water partition coefficient (Wildman–Crippen LogP) is -1.45. The third-order valence-electron chi connectivity index (χ3n) is 3.47. The molecule has 0 spiro atoms. The Bertz CT molecular complexity index is 519. The van der Waals surface area contributed by atoms with Gasteiger partial charge in [-0.25, -0.2) is 15.3 Å². The van der Waals surface area contributed by atoms with Crippen molar-refractivity contribution in [3.63, 3.8) is 0 Å². The lowest BCUT2D eigenvalue weighted by molar-refractivity contribution is -0.0759. The number of nitrogens with zero attached hydrogens (tertiary/aromatic N) is 1. The van der Waals surface area contributed by atoms with Gasteiger partial charge < -0.3 is 14.9 Å². The van der Waals surface area contributed by atoms with Crippen molar-refractivity contribution in [1.29, 1.82) is 0 Å². The van der Waals surface area contributed by atoms with Gasteiger partial charge in [-0.3, -0.25) is 9.82 Å². The van der Waals surface area contributed by atoms with Crippen LogP contribution < -0.4 is 11.2 Å². The molecule has 0 bridgehead atoms. The number of hydrogen-bond acceptors (Lipinski definition) is 7. The van der Waals surface area contributed by atoms with E-state index >= 15 is 0 Å². The number of aromatic amines is 1. The van der Waals surface area contributed by atoms with E-state index in [-0.39, 0.29) is 18.8 Å². The molecule has 4 N–H and O–H groups in total. The van der Waals surface area contributed by atoms with Crippen molar-refractivity contribution in [2.24, 2.45) is 0 Å². The molecule has 0 aromatic carbocycles. The average molecular weight is 269 g/mol. The molecule has 1 aromatic rings. The lowest BCUT2D eigenvalue weighted by atomic mass is 10.0. The molecule has 1 fully saturated rings. The maximum absolute atomic E-state index is 11.1. The Balaban J connectivity index is 1.72. The van der Waals surface area contributed by atoms with Crippen LogP contribution in [0, 0.1) is 0 Å². The third kappa shape index (κ3) is 2.35. The van der Waals surface area contributed by atoms with Crippen molar-refractivity contribution in [3.05, 3.63) is 22.2 Å². The highest BCUT2D eigenvalue weighted by molar-refractivity contribution is 5.42. The largest absolute Gasteiger partial charge is 0.394 e. The SMILES string of the molecule is O=c1ncc2c([nH]1)NOC(C1C[C@H](O)[C@@H](CO)O1)C2. The molecule has 1 aromatic heterocycles. The van der Waals surface area contributed by atoms with Crippen molar-refractivity contribution in [2.45, 2.75) is 37.3 Å². The molecule has 4 atom stereocenters. The number of aliphatic hydroxyl groups excluding tert-OH is 2. The van der Waals surface area contributed by atoms with E-state index in [1.807, 2.05) is 0 Å². The summed E-state index contributed by atoms with van der Waals surface area (Å²) < 4.78 is 5.54. The van der Waals surface area contributed by atoms with E-state index in [9.17, 15) is 9.90 Å². The summed E-state index contributed by atoms with van der Waals surface area (Å²) in [5.74, 6) is 0.494. The van der Waals surface area contributed by atoms with Crippen LogP contribution in [-0.4, -0.2) is 51.2 Å². The number of aromatic nitrogens is 2. The molecule has 0 radical (unpaired) electrons. The molecule has 104 valence electrons. The van der Waals surface area contributed by atoms with Gasteiger partial charge in [0.15, 0.2) is 0 Å². The first-order chi connectivity index (χ1) is 9.17. The molecular formula is C11H15N3O5. The van der Waals surface area contributed by atoms with Crippen molar-refractivity contribution < 1.29 is 19.8 Å². The monoisotopic (exact) mass is 269 g/mol. The van der Waals surface area contributed by atoms with E-state index in [4.69, 9.17) is 14.7 Å². The standard InChI is InChI=1S/C11H15N3O5/c15-4-9-6(16)2-7(18-9)8-1-5-3-12-11(17)13-10(5)14-19-8/h3,6-9,15-16H,1-2,4H2,(H2,12,13,14,17)/t6-,7?,8?,9+/m0/s1. The van der Waals surface area contributed by atoms with Crippen molar-refractivity contribution >= 4 is 5.82 Å². The van der Waals surface area contributed by atoms with Crippen LogP contribution in [0.15, 0.2) is 11.0 Å². The fourth-order valence-corrected chi connectivity index (χ4v) is 2.43. The third-order valence-corrected chi connectivity index (χ3v) is 3.47. The number of rotatable bonds is 2. The van der Waals surface area contributed by atoms with Gasteiger partial charge in [-0.1, -0.05) is 0 Å². The van der Waals surface area contributed by atoms with Gasteiger partial charge in [-0.15, -0.1) is 0 Å². The molecule has 8 nitrogen and oxygen atoms in total. The van der Waals surface area contributed by atoms with Gasteiger partial charge in [0.05, 0.1) is 18.8 Å². The zero-order chi connectivity index (χ0) is 13.4. The first-order valence-electron chi connectivity index (χ1n) is 6.11. The molecule has 0 amide bonds. The van der Waals surface area contributed by atoms with E-state index < -0.39 is 17.9 Å². The Morgan fingerprint density at radius 1 is 1.47 bits per heavy atom. The fourth-order valence-electron chi connectivity index (χ4n) is 2.43. The Kier molecular flexibility index (Phi) is 3.23. The Morgan fingerprint density at radius 2 is 2.32 bits per heavy atom. The van der Waals surface area contributed by atoms with Gasteiger partial charge >= 0.3 is 5.69 Å². The van der Waals surface area contributed by atoms with Crippen LogP contribution in [-0.2, 0) is 16.0 Å². The molecule has 0 aliphatic carbocycles. The first kappa shape index (κ1) is 12.5. The first-order valence-corrected chi connectivity index (χ1v) is 6.11. The lowest BCUT2D eigenvalue weighted by Gasteiger charge is -2.28. The van der Waals surface area contributed by atoms with Crippen molar-refractivity contribution in [3.8, 4) is 0 Å². The van der Waals surface area contributed by atoms with Gasteiger partial charge in [0.25, 0.3) is 0 Å².